The molecule has 0 aliphatic carbocycles. The lowest BCUT2D eigenvalue weighted by molar-refractivity contribution is -0.131. The molecule has 2 heterocycles. The summed E-state index contributed by atoms with van der Waals surface area (Å²) in [6, 6.07) is 10.9. The summed E-state index contributed by atoms with van der Waals surface area (Å²) in [6.45, 7) is 6.41. The van der Waals surface area contributed by atoms with E-state index in [1.54, 1.807) is 11.0 Å². The molecule has 9 nitrogen and oxygen atoms in total. The van der Waals surface area contributed by atoms with Crippen LogP contribution in [0.25, 0.3) is 0 Å². The summed E-state index contributed by atoms with van der Waals surface area (Å²) in [5, 5.41) is 31.8. The van der Waals surface area contributed by atoms with Crippen LogP contribution in [0.1, 0.15) is 57.9 Å². The highest BCUT2D eigenvalue weighted by Crippen LogP contribution is 2.25. The summed E-state index contributed by atoms with van der Waals surface area (Å²) in [6.07, 6.45) is 7.00. The van der Waals surface area contributed by atoms with Crippen molar-refractivity contribution in [3.63, 3.8) is 0 Å². The molecule has 10 heteroatoms. The number of piperidine rings is 2. The molecular formula is C27H39BN4O5. The van der Waals surface area contributed by atoms with Gasteiger partial charge in [-0.25, -0.2) is 4.79 Å². The predicted molar refractivity (Wildman–Crippen MR) is 141 cm³/mol. The van der Waals surface area contributed by atoms with E-state index in [0.717, 1.165) is 44.3 Å². The van der Waals surface area contributed by atoms with Crippen LogP contribution in [-0.4, -0.2) is 82.7 Å². The van der Waals surface area contributed by atoms with E-state index in [-0.39, 0.29) is 30.5 Å². The molecule has 1 aromatic rings. The van der Waals surface area contributed by atoms with Gasteiger partial charge in [-0.1, -0.05) is 36.8 Å². The Labute approximate surface area is 220 Å². The van der Waals surface area contributed by atoms with Crippen LogP contribution in [0.5, 0.6) is 0 Å². The van der Waals surface area contributed by atoms with Gasteiger partial charge in [-0.05, 0) is 77.1 Å². The maximum Gasteiger partial charge on any atom is 0.475 e. The highest BCUT2D eigenvalue weighted by molar-refractivity contribution is 6.43. The van der Waals surface area contributed by atoms with Crippen molar-refractivity contribution in [2.24, 2.45) is 0 Å². The molecular weight excluding hydrogens is 471 g/mol. The summed E-state index contributed by atoms with van der Waals surface area (Å²) in [5.74, 6) is -1.28. The molecule has 2 saturated heterocycles. The van der Waals surface area contributed by atoms with Gasteiger partial charge in [0, 0.05) is 12.1 Å². The maximum atomic E-state index is 13.4. The van der Waals surface area contributed by atoms with Crippen LogP contribution in [-0.2, 0) is 16.0 Å². The van der Waals surface area contributed by atoms with Crippen molar-refractivity contribution in [3.8, 4) is 6.07 Å². The topological polar surface area (TPSA) is 126 Å². The largest absolute Gasteiger partial charge is 0.475 e. The fraction of sp³-hybridized carbons (Fsp3) is 0.593. The van der Waals surface area contributed by atoms with Gasteiger partial charge in [-0.15, -0.1) is 0 Å². The van der Waals surface area contributed by atoms with Crippen molar-refractivity contribution >= 4 is 19.1 Å². The quantitative estimate of drug-likeness (QED) is 0.265. The normalized spacial score (nSPS) is 20.0. The Hall–Kier alpha value is -2.87. The summed E-state index contributed by atoms with van der Waals surface area (Å²) in [4.78, 5) is 29.8. The summed E-state index contributed by atoms with van der Waals surface area (Å²) in [7, 11) is -1.76. The van der Waals surface area contributed by atoms with E-state index in [2.05, 4.69) is 16.3 Å². The van der Waals surface area contributed by atoms with Gasteiger partial charge >= 0.3 is 13.2 Å². The zero-order valence-corrected chi connectivity index (χ0v) is 21.9. The number of alkyl carbamates (subject to hydrolysis) is 1. The van der Waals surface area contributed by atoms with Crippen molar-refractivity contribution < 1.29 is 24.4 Å². The van der Waals surface area contributed by atoms with Gasteiger partial charge in [0.1, 0.15) is 18.2 Å². The first-order valence-electron chi connectivity index (χ1n) is 13.2. The molecule has 3 N–H and O–H groups in total. The number of ether oxygens (including phenoxy) is 1. The van der Waals surface area contributed by atoms with Crippen molar-refractivity contribution in [2.45, 2.75) is 76.3 Å². The second kappa shape index (κ2) is 13.6. The third-order valence-electron chi connectivity index (χ3n) is 7.28. The number of benzene rings is 1. The van der Waals surface area contributed by atoms with Crippen LogP contribution in [0.4, 0.5) is 4.79 Å². The molecule has 0 bridgehead atoms. The summed E-state index contributed by atoms with van der Waals surface area (Å²) < 4.78 is 5.41. The average Bonchev–Trinajstić information content (AvgIpc) is 2.91. The first kappa shape index (κ1) is 28.7. The van der Waals surface area contributed by atoms with E-state index in [9.17, 15) is 24.9 Å². The van der Waals surface area contributed by atoms with Crippen LogP contribution in [0.15, 0.2) is 42.0 Å². The second-order valence-corrected chi connectivity index (χ2v) is 10.5. The number of likely N-dealkylation sites (tertiary alicyclic amines) is 2. The third-order valence-corrected chi connectivity index (χ3v) is 7.28. The number of nitriles is 1. The number of nitrogens with one attached hydrogen (secondary N) is 1. The fourth-order valence-corrected chi connectivity index (χ4v) is 5.12. The van der Waals surface area contributed by atoms with Crippen LogP contribution >= 0.6 is 0 Å². The highest BCUT2D eigenvalue weighted by atomic mass is 16.5. The second-order valence-electron chi connectivity index (χ2n) is 10.5. The number of carbonyl (C=O) groups excluding carboxylic acids is 2. The maximum absolute atomic E-state index is 13.4. The summed E-state index contributed by atoms with van der Waals surface area (Å²) >= 11 is 0. The van der Waals surface area contributed by atoms with E-state index in [1.165, 1.54) is 6.42 Å². The van der Waals surface area contributed by atoms with E-state index < -0.39 is 24.7 Å². The minimum Gasteiger partial charge on any atom is -0.447 e. The van der Waals surface area contributed by atoms with E-state index in [1.807, 2.05) is 44.2 Å². The van der Waals surface area contributed by atoms with Gasteiger partial charge in [0.15, 0.2) is 0 Å². The van der Waals surface area contributed by atoms with Crippen LogP contribution in [0.3, 0.4) is 0 Å². The first-order valence-corrected chi connectivity index (χ1v) is 13.2. The number of carbonyl (C=O) groups is 2. The molecule has 2 atom stereocenters. The van der Waals surface area contributed by atoms with Gasteiger partial charge in [-0.2, -0.15) is 5.26 Å². The van der Waals surface area contributed by atoms with Gasteiger partial charge in [-0.3, -0.25) is 9.69 Å². The zero-order chi connectivity index (χ0) is 26.8. The van der Waals surface area contributed by atoms with E-state index in [0.29, 0.717) is 13.0 Å². The molecule has 1 aromatic carbocycles. The lowest BCUT2D eigenvalue weighted by Gasteiger charge is -2.40. The third kappa shape index (κ3) is 8.32. The van der Waals surface area contributed by atoms with Crippen LogP contribution in [0.2, 0.25) is 0 Å². The average molecular weight is 510 g/mol. The van der Waals surface area contributed by atoms with Crippen molar-refractivity contribution in [2.75, 3.05) is 26.2 Å². The van der Waals surface area contributed by atoms with Gasteiger partial charge in [0.05, 0.1) is 12.0 Å². The number of amides is 2. The molecule has 0 aromatic heterocycles. The number of hydrogen-bond donors (Lipinski definition) is 3. The monoisotopic (exact) mass is 510 g/mol. The predicted octanol–water partition coefficient (Wildman–Crippen LogP) is 2.43. The number of nitrogens with zero attached hydrogens (tertiary/aromatic N) is 3. The highest BCUT2D eigenvalue weighted by Gasteiger charge is 2.33. The Morgan fingerprint density at radius 2 is 1.84 bits per heavy atom. The summed E-state index contributed by atoms with van der Waals surface area (Å²) in [5.41, 5.74) is 0.535. The first-order chi connectivity index (χ1) is 17.7. The standard InChI is InChI=1S/C27H39BN4O5/c1-27(2,31-14-8-4-9-15-31)18-22(19-29)25(33)32-16-10-7-13-23(32)20-37-26(34)30-24(28(35)36)17-21-11-5-3-6-12-21/h3,5-6,11-12,18,23-24,35-36H,4,7-10,13-17,20H2,1-2H3,(H,30,34)/b22-18+/t23-,24+/m1/s1. The molecule has 200 valence electrons. The van der Waals surface area contributed by atoms with Crippen LogP contribution < -0.4 is 5.32 Å². The lowest BCUT2D eigenvalue weighted by atomic mass is 9.76. The molecule has 2 aliphatic heterocycles. The molecule has 2 amide bonds. The van der Waals surface area contributed by atoms with Crippen LogP contribution in [0, 0.1) is 11.3 Å². The zero-order valence-electron chi connectivity index (χ0n) is 21.9. The molecule has 0 spiro atoms. The molecule has 0 radical (unpaired) electrons. The minimum absolute atomic E-state index is 0.0363. The molecule has 37 heavy (non-hydrogen) atoms. The van der Waals surface area contributed by atoms with Crippen molar-refractivity contribution in [3.05, 3.63) is 47.5 Å². The fourth-order valence-electron chi connectivity index (χ4n) is 5.12. The smallest absolute Gasteiger partial charge is 0.447 e. The molecule has 3 rings (SSSR count). The Bertz CT molecular complexity index is 973. The van der Waals surface area contributed by atoms with Crippen molar-refractivity contribution in [1.82, 2.24) is 15.1 Å². The number of rotatable bonds is 9. The van der Waals surface area contributed by atoms with Crippen molar-refractivity contribution in [1.29, 1.82) is 5.26 Å². The number of hydrogen-bond acceptors (Lipinski definition) is 7. The van der Waals surface area contributed by atoms with Gasteiger partial charge in [0.25, 0.3) is 5.91 Å². The SMILES string of the molecule is CC(C)(/C=C(\C#N)C(=O)N1CCCC[C@@H]1COC(=O)N[C@@H](Cc1ccccc1)B(O)O)N1CCCCC1. The molecule has 2 aliphatic rings. The molecule has 0 saturated carbocycles. The van der Waals surface area contributed by atoms with E-state index in [4.69, 9.17) is 4.74 Å². The lowest BCUT2D eigenvalue weighted by Crippen LogP contribution is -2.50. The molecule has 0 unspecified atom stereocenters. The van der Waals surface area contributed by atoms with E-state index >= 15 is 0 Å². The Kier molecular flexibility index (Phi) is 10.6. The molecule has 2 fully saturated rings. The Morgan fingerprint density at radius 3 is 2.49 bits per heavy atom. The Balaban J connectivity index is 1.61. The van der Waals surface area contributed by atoms with Gasteiger partial charge < -0.3 is 25.0 Å². The minimum atomic E-state index is -1.76. The van der Waals surface area contributed by atoms with Gasteiger partial charge in [0.2, 0.25) is 0 Å². The Morgan fingerprint density at radius 1 is 1.16 bits per heavy atom.